The standard InChI is InChI=1S/C29H37N3O7/c1-6-39-29(34)24-9-7-8-14-31(24)18-28(33)32-25(22-13-11-20(36-3)16-27(22)38-5)17-23(30-32)21-12-10-19(35-2)15-26(21)37-4/h10-13,15-16,24-25H,6-9,14,17-18H2,1-5H3/t24-,25-/m0/s1. The first-order valence-corrected chi connectivity index (χ1v) is 13.2. The van der Waals surface area contributed by atoms with Gasteiger partial charge in [0.1, 0.15) is 29.0 Å². The molecule has 1 fully saturated rings. The highest BCUT2D eigenvalue weighted by molar-refractivity contribution is 6.05. The van der Waals surface area contributed by atoms with Crippen molar-refractivity contribution in [1.82, 2.24) is 9.91 Å². The molecule has 0 N–H and O–H groups in total. The second-order valence-electron chi connectivity index (χ2n) is 9.41. The molecule has 2 aromatic carbocycles. The number of esters is 1. The number of amides is 1. The molecule has 210 valence electrons. The van der Waals surface area contributed by atoms with Gasteiger partial charge in [0.2, 0.25) is 0 Å². The van der Waals surface area contributed by atoms with Crippen LogP contribution in [0.15, 0.2) is 41.5 Å². The fourth-order valence-electron chi connectivity index (χ4n) is 5.21. The first-order valence-electron chi connectivity index (χ1n) is 13.2. The zero-order valence-corrected chi connectivity index (χ0v) is 23.3. The summed E-state index contributed by atoms with van der Waals surface area (Å²) in [6.07, 6.45) is 2.94. The van der Waals surface area contributed by atoms with E-state index in [4.69, 9.17) is 28.8 Å². The summed E-state index contributed by atoms with van der Waals surface area (Å²) >= 11 is 0. The Morgan fingerprint density at radius 1 is 0.923 bits per heavy atom. The van der Waals surface area contributed by atoms with Gasteiger partial charge in [0.05, 0.1) is 53.3 Å². The molecule has 10 heteroatoms. The van der Waals surface area contributed by atoms with Gasteiger partial charge in [-0.25, -0.2) is 5.01 Å². The Morgan fingerprint density at radius 3 is 2.28 bits per heavy atom. The van der Waals surface area contributed by atoms with Crippen LogP contribution in [0.4, 0.5) is 0 Å². The van der Waals surface area contributed by atoms with Gasteiger partial charge in [-0.2, -0.15) is 5.10 Å². The van der Waals surface area contributed by atoms with Gasteiger partial charge in [0.15, 0.2) is 0 Å². The van der Waals surface area contributed by atoms with E-state index in [0.29, 0.717) is 54.7 Å². The first kappa shape index (κ1) is 28.2. The quantitative estimate of drug-likeness (QED) is 0.421. The highest BCUT2D eigenvalue weighted by Gasteiger charge is 2.38. The van der Waals surface area contributed by atoms with Crippen LogP contribution in [0.5, 0.6) is 23.0 Å². The van der Waals surface area contributed by atoms with E-state index in [2.05, 4.69) is 0 Å². The molecule has 2 atom stereocenters. The van der Waals surface area contributed by atoms with Crippen molar-refractivity contribution in [2.45, 2.75) is 44.7 Å². The summed E-state index contributed by atoms with van der Waals surface area (Å²) in [4.78, 5) is 28.4. The molecular formula is C29H37N3O7. The molecule has 0 spiro atoms. The third-order valence-electron chi connectivity index (χ3n) is 7.20. The van der Waals surface area contributed by atoms with Gasteiger partial charge in [-0.05, 0) is 50.6 Å². The molecule has 0 radical (unpaired) electrons. The molecule has 39 heavy (non-hydrogen) atoms. The molecule has 2 aliphatic rings. The van der Waals surface area contributed by atoms with Crippen LogP contribution >= 0.6 is 0 Å². The van der Waals surface area contributed by atoms with Crippen molar-refractivity contribution in [2.75, 3.05) is 48.1 Å². The van der Waals surface area contributed by atoms with E-state index in [9.17, 15) is 9.59 Å². The summed E-state index contributed by atoms with van der Waals surface area (Å²) in [5.74, 6) is 2.00. The minimum Gasteiger partial charge on any atom is -0.497 e. The topological polar surface area (TPSA) is 99.1 Å². The maximum Gasteiger partial charge on any atom is 0.323 e. The van der Waals surface area contributed by atoms with E-state index in [0.717, 1.165) is 24.0 Å². The van der Waals surface area contributed by atoms with Crippen LogP contribution in [0.3, 0.4) is 0 Å². The number of carbonyl (C=O) groups is 2. The van der Waals surface area contributed by atoms with Crippen LogP contribution in [0.2, 0.25) is 0 Å². The van der Waals surface area contributed by atoms with Crippen LogP contribution in [0, 0.1) is 0 Å². The van der Waals surface area contributed by atoms with E-state index >= 15 is 0 Å². The Balaban J connectivity index is 1.70. The number of hydrogen-bond donors (Lipinski definition) is 0. The summed E-state index contributed by atoms with van der Waals surface area (Å²) in [7, 11) is 6.37. The number of likely N-dealkylation sites (tertiary alicyclic amines) is 1. The lowest BCUT2D eigenvalue weighted by atomic mass is 9.96. The van der Waals surface area contributed by atoms with Crippen molar-refractivity contribution in [3.05, 3.63) is 47.5 Å². The predicted molar refractivity (Wildman–Crippen MR) is 146 cm³/mol. The first-order chi connectivity index (χ1) is 18.9. The Bertz CT molecular complexity index is 1220. The van der Waals surface area contributed by atoms with Gasteiger partial charge in [-0.3, -0.25) is 14.5 Å². The van der Waals surface area contributed by atoms with Gasteiger partial charge >= 0.3 is 5.97 Å². The number of nitrogens with zero attached hydrogens (tertiary/aromatic N) is 3. The van der Waals surface area contributed by atoms with Gasteiger partial charge in [0, 0.05) is 29.7 Å². The number of methoxy groups -OCH3 is 4. The van der Waals surface area contributed by atoms with E-state index in [-0.39, 0.29) is 18.4 Å². The third-order valence-corrected chi connectivity index (χ3v) is 7.20. The highest BCUT2D eigenvalue weighted by atomic mass is 16.5. The molecule has 0 aliphatic carbocycles. The van der Waals surface area contributed by atoms with Gasteiger partial charge in [-0.1, -0.05) is 6.42 Å². The van der Waals surface area contributed by atoms with Crippen LogP contribution in [-0.2, 0) is 14.3 Å². The molecule has 10 nitrogen and oxygen atoms in total. The summed E-state index contributed by atoms with van der Waals surface area (Å²) in [6, 6.07) is 10.2. The second kappa shape index (κ2) is 12.8. The fraction of sp³-hybridized carbons (Fsp3) is 0.483. The van der Waals surface area contributed by atoms with Gasteiger partial charge in [-0.15, -0.1) is 0 Å². The minimum atomic E-state index is -0.440. The molecule has 2 heterocycles. The summed E-state index contributed by atoms with van der Waals surface area (Å²) in [5.41, 5.74) is 2.28. The van der Waals surface area contributed by atoms with Gasteiger partial charge < -0.3 is 23.7 Å². The molecule has 0 unspecified atom stereocenters. The number of hydrazone groups is 1. The summed E-state index contributed by atoms with van der Waals surface area (Å²) in [6.45, 7) is 2.79. The molecular weight excluding hydrogens is 502 g/mol. The Kier molecular flexibility index (Phi) is 9.29. The maximum absolute atomic E-state index is 13.9. The fourth-order valence-corrected chi connectivity index (χ4v) is 5.21. The van der Waals surface area contributed by atoms with Crippen molar-refractivity contribution in [3.8, 4) is 23.0 Å². The molecule has 4 rings (SSSR count). The average molecular weight is 540 g/mol. The Hall–Kier alpha value is -3.79. The highest BCUT2D eigenvalue weighted by Crippen LogP contribution is 2.41. The lowest BCUT2D eigenvalue weighted by molar-refractivity contribution is -0.152. The number of carbonyl (C=O) groups excluding carboxylic acids is 2. The second-order valence-corrected chi connectivity index (χ2v) is 9.41. The lowest BCUT2D eigenvalue weighted by Crippen LogP contribution is -2.49. The number of hydrogen-bond acceptors (Lipinski definition) is 9. The number of piperidine rings is 1. The number of ether oxygens (including phenoxy) is 5. The smallest absolute Gasteiger partial charge is 0.323 e. The molecule has 1 saturated heterocycles. The van der Waals surface area contributed by atoms with Crippen molar-refractivity contribution in [2.24, 2.45) is 5.10 Å². The maximum atomic E-state index is 13.9. The molecule has 2 aliphatic heterocycles. The molecule has 0 aromatic heterocycles. The number of benzene rings is 2. The van der Waals surface area contributed by atoms with E-state index in [1.54, 1.807) is 47.5 Å². The van der Waals surface area contributed by atoms with Crippen molar-refractivity contribution >= 4 is 17.6 Å². The van der Waals surface area contributed by atoms with Gasteiger partial charge in [0.25, 0.3) is 5.91 Å². The average Bonchev–Trinajstić information content (AvgIpc) is 3.42. The summed E-state index contributed by atoms with van der Waals surface area (Å²) < 4.78 is 27.3. The molecule has 2 aromatic rings. The SMILES string of the molecule is CCOC(=O)[C@@H]1CCCCN1CC(=O)N1N=C(c2ccc(OC)cc2OC)C[C@H]1c1ccc(OC)cc1OC. The number of rotatable bonds is 10. The monoisotopic (exact) mass is 539 g/mol. The third kappa shape index (κ3) is 6.11. The van der Waals surface area contributed by atoms with Crippen molar-refractivity contribution in [1.29, 1.82) is 0 Å². The van der Waals surface area contributed by atoms with E-state index in [1.165, 1.54) is 5.01 Å². The lowest BCUT2D eigenvalue weighted by Gasteiger charge is -2.34. The molecule has 1 amide bonds. The Labute approximate surface area is 229 Å². The van der Waals surface area contributed by atoms with Crippen LogP contribution in [0.25, 0.3) is 0 Å². The predicted octanol–water partition coefficient (Wildman–Crippen LogP) is 3.82. The van der Waals surface area contributed by atoms with Crippen LogP contribution in [-0.4, -0.2) is 81.7 Å². The largest absolute Gasteiger partial charge is 0.497 e. The molecule has 0 saturated carbocycles. The van der Waals surface area contributed by atoms with Crippen molar-refractivity contribution in [3.63, 3.8) is 0 Å². The van der Waals surface area contributed by atoms with Crippen LogP contribution in [0.1, 0.15) is 49.8 Å². The summed E-state index contributed by atoms with van der Waals surface area (Å²) in [5, 5.41) is 6.33. The van der Waals surface area contributed by atoms with Crippen molar-refractivity contribution < 1.29 is 33.3 Å². The van der Waals surface area contributed by atoms with E-state index in [1.807, 2.05) is 29.2 Å². The Morgan fingerprint density at radius 2 is 1.62 bits per heavy atom. The van der Waals surface area contributed by atoms with E-state index < -0.39 is 12.1 Å². The zero-order valence-electron chi connectivity index (χ0n) is 23.3. The molecule has 0 bridgehead atoms. The minimum absolute atomic E-state index is 0.0506. The zero-order chi connectivity index (χ0) is 27.9. The van der Waals surface area contributed by atoms with Crippen LogP contribution < -0.4 is 18.9 Å². The normalized spacial score (nSPS) is 19.3.